The first kappa shape index (κ1) is 14.0. The summed E-state index contributed by atoms with van der Waals surface area (Å²) in [5, 5.41) is 12.3. The molecule has 1 aromatic rings. The van der Waals surface area contributed by atoms with E-state index in [9.17, 15) is 9.90 Å². The van der Waals surface area contributed by atoms with E-state index in [-0.39, 0.29) is 28.4 Å². The molecule has 0 aromatic heterocycles. The molecule has 0 radical (unpaired) electrons. The van der Waals surface area contributed by atoms with Crippen molar-refractivity contribution in [1.29, 1.82) is 0 Å². The molecule has 2 N–H and O–H groups in total. The van der Waals surface area contributed by atoms with Gasteiger partial charge in [-0.25, -0.2) is 0 Å². The molecule has 0 bridgehead atoms. The van der Waals surface area contributed by atoms with Gasteiger partial charge in [-0.3, -0.25) is 4.79 Å². The first-order valence-electron chi connectivity index (χ1n) is 5.54. The third-order valence-electron chi connectivity index (χ3n) is 2.73. The van der Waals surface area contributed by atoms with Crippen LogP contribution in [0, 0.1) is 0 Å². The summed E-state index contributed by atoms with van der Waals surface area (Å²) in [7, 11) is 0. The Hall–Kier alpha value is -1.03. The minimum absolute atomic E-state index is 0.0492. The molecule has 1 atom stereocenters. The molecule has 0 fully saturated rings. The molecule has 3 nitrogen and oxygen atoms in total. The minimum atomic E-state index is -0.298. The standard InChI is InChI=1S/C13H18BrNO2/c1-9(14)13(2,3)15-12(17)8-10-5-4-6-11(16)7-10/h4-7,9,16H,8H2,1-3H3,(H,15,17). The molecule has 0 saturated carbocycles. The van der Waals surface area contributed by atoms with E-state index in [1.54, 1.807) is 18.2 Å². The van der Waals surface area contributed by atoms with Crippen molar-refractivity contribution in [2.24, 2.45) is 0 Å². The Bertz CT molecular complexity index is 402. The highest BCUT2D eigenvalue weighted by Crippen LogP contribution is 2.17. The number of aromatic hydroxyl groups is 1. The molecule has 0 saturated heterocycles. The molecular weight excluding hydrogens is 282 g/mol. The lowest BCUT2D eigenvalue weighted by Crippen LogP contribution is -2.49. The zero-order chi connectivity index (χ0) is 13.1. The number of phenolic OH excluding ortho intramolecular Hbond substituents is 1. The highest BCUT2D eigenvalue weighted by atomic mass is 79.9. The van der Waals surface area contributed by atoms with Gasteiger partial charge in [0.25, 0.3) is 0 Å². The van der Waals surface area contributed by atoms with E-state index in [1.807, 2.05) is 26.8 Å². The van der Waals surface area contributed by atoms with E-state index in [2.05, 4.69) is 21.2 Å². The predicted octanol–water partition coefficient (Wildman–Crippen LogP) is 2.61. The fourth-order valence-corrected chi connectivity index (χ4v) is 1.47. The van der Waals surface area contributed by atoms with Crippen LogP contribution in [-0.4, -0.2) is 21.4 Å². The lowest BCUT2D eigenvalue weighted by atomic mass is 10.0. The second-order valence-electron chi connectivity index (χ2n) is 4.73. The second-order valence-corrected chi connectivity index (χ2v) is 6.11. The summed E-state index contributed by atoms with van der Waals surface area (Å²) in [6.07, 6.45) is 0.275. The molecule has 94 valence electrons. The van der Waals surface area contributed by atoms with Crippen LogP contribution in [0.5, 0.6) is 5.75 Å². The summed E-state index contributed by atoms with van der Waals surface area (Å²) in [6, 6.07) is 6.75. The van der Waals surface area contributed by atoms with Gasteiger partial charge < -0.3 is 10.4 Å². The summed E-state index contributed by atoms with van der Waals surface area (Å²) >= 11 is 3.47. The third kappa shape index (κ3) is 4.38. The summed E-state index contributed by atoms with van der Waals surface area (Å²) in [5.41, 5.74) is 0.508. The molecule has 1 aromatic carbocycles. The summed E-state index contributed by atoms with van der Waals surface area (Å²) in [5.74, 6) is 0.135. The largest absolute Gasteiger partial charge is 0.508 e. The number of benzene rings is 1. The first-order chi connectivity index (χ1) is 7.81. The minimum Gasteiger partial charge on any atom is -0.508 e. The molecule has 0 aliphatic carbocycles. The van der Waals surface area contributed by atoms with Crippen molar-refractivity contribution in [3.63, 3.8) is 0 Å². The number of carbonyl (C=O) groups is 1. The third-order valence-corrected chi connectivity index (χ3v) is 3.88. The topological polar surface area (TPSA) is 49.3 Å². The number of hydrogen-bond acceptors (Lipinski definition) is 2. The molecule has 4 heteroatoms. The van der Waals surface area contributed by atoms with Crippen molar-refractivity contribution in [2.75, 3.05) is 0 Å². The van der Waals surface area contributed by atoms with Crippen LogP contribution < -0.4 is 5.32 Å². The molecule has 1 amide bonds. The Morgan fingerprint density at radius 2 is 2.18 bits per heavy atom. The van der Waals surface area contributed by atoms with Crippen molar-refractivity contribution in [3.05, 3.63) is 29.8 Å². The number of halogens is 1. The average molecular weight is 300 g/mol. The number of nitrogens with one attached hydrogen (secondary N) is 1. The van der Waals surface area contributed by atoms with Gasteiger partial charge in [-0.2, -0.15) is 0 Å². The number of rotatable bonds is 4. The molecule has 17 heavy (non-hydrogen) atoms. The molecule has 0 heterocycles. The van der Waals surface area contributed by atoms with E-state index < -0.39 is 0 Å². The Balaban J connectivity index is 2.62. The highest BCUT2D eigenvalue weighted by Gasteiger charge is 2.25. The van der Waals surface area contributed by atoms with Crippen LogP contribution in [0.15, 0.2) is 24.3 Å². The van der Waals surface area contributed by atoms with Gasteiger partial charge in [-0.1, -0.05) is 35.0 Å². The van der Waals surface area contributed by atoms with Gasteiger partial charge >= 0.3 is 0 Å². The van der Waals surface area contributed by atoms with Crippen LogP contribution in [-0.2, 0) is 11.2 Å². The summed E-state index contributed by atoms with van der Waals surface area (Å²) < 4.78 is 0. The van der Waals surface area contributed by atoms with Gasteiger partial charge in [-0.05, 0) is 31.5 Å². The predicted molar refractivity (Wildman–Crippen MR) is 72.4 cm³/mol. The maximum absolute atomic E-state index is 11.8. The lowest BCUT2D eigenvalue weighted by Gasteiger charge is -2.29. The van der Waals surface area contributed by atoms with Crippen LogP contribution in [0.1, 0.15) is 26.3 Å². The number of amides is 1. The van der Waals surface area contributed by atoms with Gasteiger partial charge in [-0.15, -0.1) is 0 Å². The highest BCUT2D eigenvalue weighted by molar-refractivity contribution is 9.09. The van der Waals surface area contributed by atoms with Crippen molar-refractivity contribution >= 4 is 21.8 Å². The van der Waals surface area contributed by atoms with E-state index in [1.165, 1.54) is 0 Å². The Morgan fingerprint density at radius 3 is 2.71 bits per heavy atom. The van der Waals surface area contributed by atoms with Crippen LogP contribution in [0.4, 0.5) is 0 Å². The van der Waals surface area contributed by atoms with Crippen LogP contribution >= 0.6 is 15.9 Å². The molecule has 1 rings (SSSR count). The van der Waals surface area contributed by atoms with Gasteiger partial charge in [0.15, 0.2) is 0 Å². The Kier molecular flexibility index (Phi) is 4.57. The van der Waals surface area contributed by atoms with Gasteiger partial charge in [0.05, 0.1) is 6.42 Å². The van der Waals surface area contributed by atoms with Crippen LogP contribution in [0.25, 0.3) is 0 Å². The zero-order valence-corrected chi connectivity index (χ0v) is 11.9. The number of alkyl halides is 1. The molecule has 0 spiro atoms. The Morgan fingerprint density at radius 1 is 1.53 bits per heavy atom. The van der Waals surface area contributed by atoms with Crippen molar-refractivity contribution in [1.82, 2.24) is 5.32 Å². The quantitative estimate of drug-likeness (QED) is 0.840. The van der Waals surface area contributed by atoms with Crippen molar-refractivity contribution in [3.8, 4) is 5.75 Å². The second kappa shape index (κ2) is 5.54. The van der Waals surface area contributed by atoms with Gasteiger partial charge in [0.1, 0.15) is 5.75 Å². The zero-order valence-electron chi connectivity index (χ0n) is 10.3. The summed E-state index contributed by atoms with van der Waals surface area (Å²) in [6.45, 7) is 5.92. The number of phenols is 1. The van der Waals surface area contributed by atoms with Gasteiger partial charge in [0.2, 0.25) is 5.91 Å². The maximum atomic E-state index is 11.8. The molecular formula is C13H18BrNO2. The van der Waals surface area contributed by atoms with E-state index in [0.29, 0.717) is 0 Å². The number of carbonyl (C=O) groups excluding carboxylic acids is 1. The van der Waals surface area contributed by atoms with Crippen molar-refractivity contribution in [2.45, 2.75) is 37.6 Å². The Labute approximate surface area is 110 Å². The monoisotopic (exact) mass is 299 g/mol. The van der Waals surface area contributed by atoms with E-state index >= 15 is 0 Å². The molecule has 0 aliphatic heterocycles. The fourth-order valence-electron chi connectivity index (χ4n) is 1.35. The molecule has 0 aliphatic rings. The smallest absolute Gasteiger partial charge is 0.224 e. The normalized spacial score (nSPS) is 13.2. The fraction of sp³-hybridized carbons (Fsp3) is 0.462. The number of hydrogen-bond donors (Lipinski definition) is 2. The van der Waals surface area contributed by atoms with E-state index in [4.69, 9.17) is 0 Å². The first-order valence-corrected chi connectivity index (χ1v) is 6.46. The average Bonchev–Trinajstić information content (AvgIpc) is 2.15. The van der Waals surface area contributed by atoms with E-state index in [0.717, 1.165) is 5.56 Å². The maximum Gasteiger partial charge on any atom is 0.224 e. The summed E-state index contributed by atoms with van der Waals surface area (Å²) in [4.78, 5) is 12.0. The van der Waals surface area contributed by atoms with Crippen LogP contribution in [0.2, 0.25) is 0 Å². The van der Waals surface area contributed by atoms with Gasteiger partial charge in [0, 0.05) is 10.4 Å². The SMILES string of the molecule is CC(Br)C(C)(C)NC(=O)Cc1cccc(O)c1. The van der Waals surface area contributed by atoms with Crippen LogP contribution in [0.3, 0.4) is 0 Å². The molecule has 1 unspecified atom stereocenters. The van der Waals surface area contributed by atoms with Crippen molar-refractivity contribution < 1.29 is 9.90 Å². The lowest BCUT2D eigenvalue weighted by molar-refractivity contribution is -0.121.